The number of phenols is 1. The monoisotopic (exact) mass is 1330 g/mol. The first-order valence-corrected chi connectivity index (χ1v) is 31.6. The molecule has 0 aromatic heterocycles. The van der Waals surface area contributed by atoms with Gasteiger partial charge in [-0.3, -0.25) is 63.1 Å². The number of likely N-dealkylation sites (tertiary alicyclic amines) is 2. The number of aromatic hydroxyl groups is 1. The number of aliphatic imine (C=N–C) groups is 4. The molecule has 30 N–H and O–H groups in total. The minimum Gasteiger partial charge on any atom is -0.508 e. The molecule has 2 saturated heterocycles. The molecule has 1 aromatic carbocycles. The number of amides is 9. The van der Waals surface area contributed by atoms with Gasteiger partial charge in [0.05, 0.1) is 12.6 Å². The summed E-state index contributed by atoms with van der Waals surface area (Å²) in [5.41, 5.74) is 56.3. The molecule has 1 aromatic rings. The number of hydrogen-bond donors (Lipinski definition) is 20. The van der Waals surface area contributed by atoms with Crippen molar-refractivity contribution in [3.8, 4) is 5.75 Å². The zero-order valence-electron chi connectivity index (χ0n) is 53.7. The maximum atomic E-state index is 14.7. The van der Waals surface area contributed by atoms with E-state index in [0.717, 1.165) is 0 Å². The highest BCUT2D eigenvalue weighted by Crippen LogP contribution is 2.24. The van der Waals surface area contributed by atoms with Crippen LogP contribution in [0.5, 0.6) is 5.75 Å². The molecule has 11 atom stereocenters. The number of guanidine groups is 4. The minimum atomic E-state index is -1.72. The maximum absolute atomic E-state index is 14.7. The van der Waals surface area contributed by atoms with Crippen LogP contribution in [0, 0.1) is 5.92 Å². The number of nitrogens with zero attached hydrogens (tertiary/aromatic N) is 6. The van der Waals surface area contributed by atoms with Crippen LogP contribution in [0.4, 0.5) is 0 Å². The largest absolute Gasteiger partial charge is 0.508 e. The van der Waals surface area contributed by atoms with Crippen molar-refractivity contribution < 1.29 is 63.3 Å². The molecule has 2 aliphatic rings. The standard InChI is InChI=1S/C58H101N23O13/c1-3-32(2)44(79-50(89)43-18-11-29-81(43)53(92)40(30-33-19-21-34(83)22-20-33)77-45(84)35(60)12-6-24-69-55(61)62)51(90)78-41(31-82)48(87)75-38(15-8-26-71-57(65)66)52(91)80-28-10-17-42(80)49(88)74-37(14-7-25-70-56(63)64)46(85)73-36(13-4-5-23-59)47(86)76-39(54(93)94)16-9-27-72-58(67)68/h19-22,32,35-44,82-83H,3-18,23-31,59-60H2,1-2H3,(H,73,85)(H,74,88)(H,75,87)(H,76,86)(H,77,84)(H,78,90)(H,79,89)(H,93,94)(H4,61,62,69)(H4,63,64,70)(H4,65,66,71)(H4,67,68,72)/t32-,35-,36-,37-,38-,39-,40-,41-,42-,43-,44-/m0/s1. The van der Waals surface area contributed by atoms with Crippen molar-refractivity contribution in [2.24, 2.45) is 83.2 Å². The first kappa shape index (κ1) is 78.9. The molecule has 0 aliphatic carbocycles. The molecule has 0 saturated carbocycles. The number of phenolic OH excluding ortho intramolecular Hbond substituents is 1. The summed E-state index contributed by atoms with van der Waals surface area (Å²) in [6.45, 7) is 3.10. The summed E-state index contributed by atoms with van der Waals surface area (Å²) in [6, 6.07) is -7.21. The van der Waals surface area contributed by atoms with Crippen molar-refractivity contribution in [1.82, 2.24) is 47.0 Å². The van der Waals surface area contributed by atoms with Crippen LogP contribution in [-0.2, 0) is 54.4 Å². The Labute approximate surface area is 546 Å². The first-order valence-electron chi connectivity index (χ1n) is 31.6. The number of nitrogens with one attached hydrogen (secondary N) is 7. The zero-order valence-corrected chi connectivity index (χ0v) is 53.7. The van der Waals surface area contributed by atoms with Gasteiger partial charge in [-0.15, -0.1) is 0 Å². The Morgan fingerprint density at radius 1 is 0.521 bits per heavy atom. The topological polar surface area (TPSA) is 632 Å². The van der Waals surface area contributed by atoms with Gasteiger partial charge in [0.25, 0.3) is 0 Å². The van der Waals surface area contributed by atoms with Gasteiger partial charge in [0.15, 0.2) is 23.8 Å². The second-order valence-corrected chi connectivity index (χ2v) is 23.2. The number of carbonyl (C=O) groups excluding carboxylic acids is 9. The predicted octanol–water partition coefficient (Wildman–Crippen LogP) is -6.90. The van der Waals surface area contributed by atoms with Crippen LogP contribution < -0.4 is 94.6 Å². The van der Waals surface area contributed by atoms with E-state index < -0.39 is 132 Å². The lowest BCUT2D eigenvalue weighted by molar-refractivity contribution is -0.143. The molecule has 2 heterocycles. The number of carboxylic acids is 1. The van der Waals surface area contributed by atoms with E-state index in [2.05, 4.69) is 57.2 Å². The number of benzene rings is 1. The maximum Gasteiger partial charge on any atom is 0.326 e. The van der Waals surface area contributed by atoms with Gasteiger partial charge in [-0.25, -0.2) is 4.79 Å². The highest BCUT2D eigenvalue weighted by atomic mass is 16.4. The summed E-state index contributed by atoms with van der Waals surface area (Å²) in [5, 5.41) is 48.9. The van der Waals surface area contributed by atoms with E-state index in [9.17, 15) is 63.3 Å². The Bertz CT molecular complexity index is 2790. The number of aliphatic carboxylic acids is 1. The fourth-order valence-electron chi connectivity index (χ4n) is 10.6. The van der Waals surface area contributed by atoms with Crippen LogP contribution in [0.3, 0.4) is 0 Å². The van der Waals surface area contributed by atoms with Crippen molar-refractivity contribution in [1.29, 1.82) is 0 Å². The Kier molecular flexibility index (Phi) is 34.7. The van der Waals surface area contributed by atoms with Gasteiger partial charge in [0, 0.05) is 45.7 Å². The number of carbonyl (C=O) groups is 10. The average molecular weight is 1330 g/mol. The second kappa shape index (κ2) is 41.3. The quantitative estimate of drug-likeness (QED) is 0.0164. The van der Waals surface area contributed by atoms with E-state index in [1.165, 1.54) is 21.9 Å². The average Bonchev–Trinajstić information content (AvgIpc) is 1.60. The number of unbranched alkanes of at least 4 members (excludes halogenated alkanes) is 1. The van der Waals surface area contributed by atoms with Crippen LogP contribution in [0.15, 0.2) is 44.2 Å². The normalized spacial score (nSPS) is 17.1. The molecule has 94 heavy (non-hydrogen) atoms. The molecule has 36 heteroatoms. The molecule has 2 aliphatic heterocycles. The second-order valence-electron chi connectivity index (χ2n) is 23.2. The molecule has 0 spiro atoms. The third kappa shape index (κ3) is 27.5. The van der Waals surface area contributed by atoms with Crippen LogP contribution in [-0.4, -0.2) is 221 Å². The highest BCUT2D eigenvalue weighted by Gasteiger charge is 2.43. The lowest BCUT2D eigenvalue weighted by Crippen LogP contribution is -2.61. The molecule has 0 unspecified atom stereocenters. The van der Waals surface area contributed by atoms with Crippen LogP contribution in [0.25, 0.3) is 0 Å². The molecule has 3 rings (SSSR count). The van der Waals surface area contributed by atoms with Gasteiger partial charge >= 0.3 is 5.97 Å². The van der Waals surface area contributed by atoms with Crippen molar-refractivity contribution in [2.45, 2.75) is 183 Å². The lowest BCUT2D eigenvalue weighted by Gasteiger charge is -2.32. The first-order chi connectivity index (χ1) is 44.6. The van der Waals surface area contributed by atoms with Gasteiger partial charge < -0.3 is 120 Å². The molecular formula is C58H101N23O13. The highest BCUT2D eigenvalue weighted by molar-refractivity contribution is 5.99. The smallest absolute Gasteiger partial charge is 0.326 e. The summed E-state index contributed by atoms with van der Waals surface area (Å²) in [6.07, 6.45) is 2.70. The van der Waals surface area contributed by atoms with E-state index in [-0.39, 0.29) is 146 Å². The molecule has 36 nitrogen and oxygen atoms in total. The Morgan fingerprint density at radius 3 is 1.40 bits per heavy atom. The van der Waals surface area contributed by atoms with Gasteiger partial charge in [-0.1, -0.05) is 32.4 Å². The number of aliphatic hydroxyl groups is 1. The summed E-state index contributed by atoms with van der Waals surface area (Å²) >= 11 is 0. The summed E-state index contributed by atoms with van der Waals surface area (Å²) in [5.74, 6) is -9.93. The number of rotatable bonds is 42. The molecule has 0 radical (unpaired) electrons. The molecular weight excluding hydrogens is 1230 g/mol. The molecule has 2 fully saturated rings. The molecule has 526 valence electrons. The van der Waals surface area contributed by atoms with Crippen LogP contribution >= 0.6 is 0 Å². The number of carboxylic acid groups (broad SMARTS) is 1. The Morgan fingerprint density at radius 2 is 0.926 bits per heavy atom. The molecule has 9 amide bonds. The van der Waals surface area contributed by atoms with E-state index in [4.69, 9.17) is 57.3 Å². The number of hydrogen-bond acceptors (Lipinski definition) is 18. The number of nitrogens with two attached hydrogens (primary N) is 10. The van der Waals surface area contributed by atoms with Gasteiger partial charge in [0.1, 0.15) is 60.1 Å². The van der Waals surface area contributed by atoms with E-state index in [1.54, 1.807) is 26.0 Å². The van der Waals surface area contributed by atoms with Crippen molar-refractivity contribution in [3.05, 3.63) is 29.8 Å². The van der Waals surface area contributed by atoms with Crippen molar-refractivity contribution in [3.63, 3.8) is 0 Å². The van der Waals surface area contributed by atoms with E-state index in [1.807, 2.05) is 0 Å². The van der Waals surface area contributed by atoms with Gasteiger partial charge in [-0.2, -0.15) is 0 Å². The number of aliphatic hydroxyl groups excluding tert-OH is 1. The van der Waals surface area contributed by atoms with Crippen LogP contribution in [0.1, 0.15) is 122 Å². The Hall–Kier alpha value is -9.32. The van der Waals surface area contributed by atoms with Gasteiger partial charge in [0.2, 0.25) is 53.2 Å². The minimum absolute atomic E-state index is 0.00373. The third-order valence-electron chi connectivity index (χ3n) is 15.9. The summed E-state index contributed by atoms with van der Waals surface area (Å²) in [7, 11) is 0. The fraction of sp³-hybridized carbons (Fsp3) is 0.655. The SMILES string of the molecule is CC[C@H](C)[C@H](NC(=O)[C@@H]1CCCN1C(=O)[C@H](Cc1ccc(O)cc1)NC(=O)[C@@H](N)CCCN=C(N)N)C(=O)N[C@@H](CO)C(=O)N[C@@H](CCCN=C(N)N)C(=O)N1CCC[C@H]1C(=O)N[C@@H](CCCN=C(N)N)C(=O)N[C@@H](CCCCN)C(=O)N[C@@H](CCCN=C(N)N)C(=O)O. The van der Waals surface area contributed by atoms with E-state index >= 15 is 0 Å². The van der Waals surface area contributed by atoms with E-state index in [0.29, 0.717) is 44.1 Å². The molecule has 0 bridgehead atoms. The zero-order chi connectivity index (χ0) is 70.0. The Balaban J connectivity index is 1.88. The van der Waals surface area contributed by atoms with Crippen molar-refractivity contribution in [2.75, 3.05) is 52.4 Å². The lowest BCUT2D eigenvalue weighted by atomic mass is 9.97. The van der Waals surface area contributed by atoms with Gasteiger partial charge in [-0.05, 0) is 126 Å². The fourth-order valence-corrected chi connectivity index (χ4v) is 10.6. The van der Waals surface area contributed by atoms with Crippen LogP contribution in [0.2, 0.25) is 0 Å². The summed E-state index contributed by atoms with van der Waals surface area (Å²) in [4.78, 5) is 158. The predicted molar refractivity (Wildman–Crippen MR) is 349 cm³/mol. The summed E-state index contributed by atoms with van der Waals surface area (Å²) < 4.78 is 0. The van der Waals surface area contributed by atoms with Crippen molar-refractivity contribution >= 4 is 83.0 Å². The third-order valence-corrected chi connectivity index (χ3v) is 15.9.